The van der Waals surface area contributed by atoms with E-state index in [1.807, 2.05) is 6.07 Å². The lowest BCUT2D eigenvalue weighted by molar-refractivity contribution is 1.18. The van der Waals surface area contributed by atoms with Crippen molar-refractivity contribution in [2.75, 3.05) is 0 Å². The Bertz CT molecular complexity index is 5810. The lowest BCUT2D eigenvalue weighted by Gasteiger charge is -2.12. The number of rotatable bonds is 9. The number of hydrogen-bond acceptors (Lipinski definition) is 4. The predicted molar refractivity (Wildman–Crippen MR) is 413 cm³/mol. The third kappa shape index (κ3) is 11.1. The molecule has 0 aliphatic rings. The van der Waals surface area contributed by atoms with Crippen molar-refractivity contribution < 1.29 is 0 Å². The van der Waals surface area contributed by atoms with Gasteiger partial charge < -0.3 is 0 Å². The number of nitrogens with zero attached hydrogens (tertiary/aromatic N) is 4. The Morgan fingerprint density at radius 1 is 0.122 bits per heavy atom. The lowest BCUT2D eigenvalue weighted by Crippen LogP contribution is -1.96. The van der Waals surface area contributed by atoms with Crippen molar-refractivity contribution in [2.24, 2.45) is 0 Å². The molecular formula is C94H60N4. The van der Waals surface area contributed by atoms with E-state index in [1.54, 1.807) is 0 Å². The van der Waals surface area contributed by atoms with Gasteiger partial charge in [-0.25, -0.2) is 19.9 Å². The monoisotopic (exact) mass is 1240 g/mol. The van der Waals surface area contributed by atoms with Crippen molar-refractivity contribution in [3.8, 4) is 101 Å². The van der Waals surface area contributed by atoms with E-state index >= 15 is 0 Å². The number of aromatic nitrogens is 4. The fourth-order valence-electron chi connectivity index (χ4n) is 14.1. The molecule has 0 saturated carbocycles. The first-order valence-electron chi connectivity index (χ1n) is 33.4. The smallest absolute Gasteiger partial charge is 0.160 e. The third-order valence-corrected chi connectivity index (χ3v) is 19.3. The first-order chi connectivity index (χ1) is 48.5. The van der Waals surface area contributed by atoms with Crippen LogP contribution in [-0.2, 0) is 0 Å². The lowest BCUT2D eigenvalue weighted by atomic mass is 9.97. The van der Waals surface area contributed by atoms with Gasteiger partial charge in [-0.2, -0.15) is 0 Å². The largest absolute Gasteiger partial charge is 0.228 e. The minimum atomic E-state index is 0.703. The van der Waals surface area contributed by atoms with Gasteiger partial charge in [-0.15, -0.1) is 0 Å². The van der Waals surface area contributed by atoms with Crippen molar-refractivity contribution in [3.63, 3.8) is 0 Å². The Morgan fingerprint density at radius 2 is 0.367 bits per heavy atom. The highest BCUT2D eigenvalue weighted by molar-refractivity contribution is 6.11. The zero-order valence-electron chi connectivity index (χ0n) is 53.4. The average Bonchev–Trinajstić information content (AvgIpc) is 0.780. The topological polar surface area (TPSA) is 51.6 Å². The second-order valence-electron chi connectivity index (χ2n) is 25.3. The summed E-state index contributed by atoms with van der Waals surface area (Å²) in [6.45, 7) is 0. The molecule has 0 amide bonds. The van der Waals surface area contributed by atoms with Crippen molar-refractivity contribution in [1.29, 1.82) is 0 Å². The molecule has 0 saturated heterocycles. The maximum Gasteiger partial charge on any atom is 0.160 e. The van der Waals surface area contributed by atoms with Crippen molar-refractivity contribution >= 4 is 86.2 Å². The first-order valence-corrected chi connectivity index (χ1v) is 33.4. The van der Waals surface area contributed by atoms with Crippen molar-refractivity contribution in [1.82, 2.24) is 19.9 Å². The molecule has 0 aliphatic carbocycles. The van der Waals surface area contributed by atoms with E-state index in [2.05, 4.69) is 358 Å². The summed E-state index contributed by atoms with van der Waals surface area (Å²) in [5.74, 6) is 1.42. The molecule has 456 valence electrons. The third-order valence-electron chi connectivity index (χ3n) is 19.3. The number of benzene rings is 17. The summed E-state index contributed by atoms with van der Waals surface area (Å²) in [5.41, 5.74) is 16.9. The highest BCUT2D eigenvalue weighted by atomic mass is 14.9. The standard InChI is InChI=1S/C48H32N2.C46H28N2/c1-2-8-33(9-3-1)36-18-26-41(27-19-36)48-49-46(39-22-14-37(15-23-39)44-28-20-34-10-4-6-12-42(34)30-44)32-47(50-48)40-24-16-38(17-25-40)45-29-21-35-11-5-7-13-43(35)31-45;1-4-10-38-29(7-1)13-16-32-25-35(19-22-41(32)38)44-28-45(36-20-23-42-33(26-36)17-14-30-8-2-5-11-39(30)42)48-46(47-44)37-21-24-43-34(27-37)18-15-31-9-3-6-12-40(31)43/h1-32H;1-28H. The second-order valence-corrected chi connectivity index (χ2v) is 25.3. The highest BCUT2D eigenvalue weighted by Crippen LogP contribution is 2.38. The van der Waals surface area contributed by atoms with Gasteiger partial charge >= 0.3 is 0 Å². The molecule has 98 heavy (non-hydrogen) atoms. The molecule has 4 nitrogen and oxygen atoms in total. The normalized spacial score (nSPS) is 11.5. The molecule has 0 unspecified atom stereocenters. The molecule has 4 heteroatoms. The van der Waals surface area contributed by atoms with Crippen LogP contribution in [0, 0.1) is 0 Å². The van der Waals surface area contributed by atoms with Crippen LogP contribution >= 0.6 is 0 Å². The van der Waals surface area contributed by atoms with Crippen LogP contribution < -0.4 is 0 Å². The Kier molecular flexibility index (Phi) is 14.5. The Labute approximate surface area is 567 Å². The first kappa shape index (κ1) is 57.6. The minimum Gasteiger partial charge on any atom is -0.228 e. The fraction of sp³-hybridized carbons (Fsp3) is 0. The van der Waals surface area contributed by atoms with Crippen LogP contribution in [0.3, 0.4) is 0 Å². The highest BCUT2D eigenvalue weighted by Gasteiger charge is 2.17. The maximum atomic E-state index is 5.23. The molecule has 0 aliphatic heterocycles. The van der Waals surface area contributed by atoms with E-state index in [9.17, 15) is 0 Å². The molecule has 0 N–H and O–H groups in total. The van der Waals surface area contributed by atoms with Gasteiger partial charge in [0.15, 0.2) is 11.6 Å². The van der Waals surface area contributed by atoms with E-state index < -0.39 is 0 Å². The number of hydrogen-bond donors (Lipinski definition) is 0. The van der Waals surface area contributed by atoms with Crippen LogP contribution in [0.15, 0.2) is 364 Å². The molecule has 17 aromatic carbocycles. The Morgan fingerprint density at radius 3 is 0.796 bits per heavy atom. The zero-order chi connectivity index (χ0) is 64.9. The van der Waals surface area contributed by atoms with Gasteiger partial charge in [0.05, 0.1) is 22.8 Å². The summed E-state index contributed by atoms with van der Waals surface area (Å²) < 4.78 is 0. The van der Waals surface area contributed by atoms with Crippen LogP contribution in [0.4, 0.5) is 0 Å². The second kappa shape index (κ2) is 24.7. The van der Waals surface area contributed by atoms with Crippen molar-refractivity contribution in [2.45, 2.75) is 0 Å². The summed E-state index contributed by atoms with van der Waals surface area (Å²) in [6, 6.07) is 130. The molecule has 2 aromatic heterocycles. The molecular weight excluding hydrogens is 1190 g/mol. The maximum absolute atomic E-state index is 5.23. The molecule has 0 atom stereocenters. The van der Waals surface area contributed by atoms with Gasteiger partial charge in [-0.1, -0.05) is 322 Å². The van der Waals surface area contributed by atoms with Gasteiger partial charge in [0.1, 0.15) is 0 Å². The summed E-state index contributed by atoms with van der Waals surface area (Å²) in [5, 5.41) is 19.8. The predicted octanol–water partition coefficient (Wildman–Crippen LogP) is 25.2. The quantitative estimate of drug-likeness (QED) is 0.135. The number of fused-ring (bicyclic) bond motifs is 11. The van der Waals surface area contributed by atoms with Crippen LogP contribution in [0.25, 0.3) is 187 Å². The summed E-state index contributed by atoms with van der Waals surface area (Å²) >= 11 is 0. The van der Waals surface area contributed by atoms with E-state index in [0.717, 1.165) is 62.0 Å². The van der Waals surface area contributed by atoms with Gasteiger partial charge in [-0.05, 0) is 162 Å². The van der Waals surface area contributed by atoms with Crippen LogP contribution in [0.2, 0.25) is 0 Å². The zero-order valence-corrected chi connectivity index (χ0v) is 53.4. The molecule has 0 spiro atoms. The Balaban J connectivity index is 0.000000142. The summed E-state index contributed by atoms with van der Waals surface area (Å²) in [4.78, 5) is 20.7. The molecule has 19 rings (SSSR count). The molecule has 0 fully saturated rings. The summed E-state index contributed by atoms with van der Waals surface area (Å²) in [7, 11) is 0. The van der Waals surface area contributed by atoms with E-state index in [-0.39, 0.29) is 0 Å². The minimum absolute atomic E-state index is 0.703. The van der Waals surface area contributed by atoms with E-state index in [4.69, 9.17) is 19.9 Å². The van der Waals surface area contributed by atoms with Crippen molar-refractivity contribution in [3.05, 3.63) is 364 Å². The van der Waals surface area contributed by atoms with Crippen LogP contribution in [-0.4, -0.2) is 19.9 Å². The van der Waals surface area contributed by atoms with Gasteiger partial charge in [0.2, 0.25) is 0 Å². The van der Waals surface area contributed by atoms with E-state index in [1.165, 1.54) is 120 Å². The van der Waals surface area contributed by atoms with Gasteiger partial charge in [0.25, 0.3) is 0 Å². The molecule has 0 bridgehead atoms. The molecule has 0 radical (unpaired) electrons. The van der Waals surface area contributed by atoms with Crippen LogP contribution in [0.5, 0.6) is 0 Å². The average molecular weight is 1250 g/mol. The SMILES string of the molecule is c1ccc(-c2ccc(-c3nc(-c4ccc(-c5ccc6ccccc6c5)cc4)cc(-c4ccc(-c5ccc6ccccc6c5)cc4)n3)cc2)cc1.c1ccc2c(c1)ccc1cc(-c3cc(-c4ccc5c(ccc6ccccc65)c4)nc(-c4ccc5c(ccc6ccccc65)c4)n3)ccc12. The van der Waals surface area contributed by atoms with Gasteiger partial charge in [-0.3, -0.25) is 0 Å². The fourth-order valence-corrected chi connectivity index (χ4v) is 14.1. The molecule has 2 heterocycles. The van der Waals surface area contributed by atoms with E-state index in [0.29, 0.717) is 5.82 Å². The van der Waals surface area contributed by atoms with Gasteiger partial charge in [0, 0.05) is 33.4 Å². The summed E-state index contributed by atoms with van der Waals surface area (Å²) in [6.07, 6.45) is 0. The Hall–Kier alpha value is -13.0. The molecule has 19 aromatic rings. The van der Waals surface area contributed by atoms with Crippen LogP contribution in [0.1, 0.15) is 0 Å².